The molecule has 0 unspecified atom stereocenters. The first-order chi connectivity index (χ1) is 8.63. The monoisotopic (exact) mass is 247 g/mol. The molecule has 5 nitrogen and oxygen atoms in total. The maximum atomic E-state index is 12.0. The molecule has 0 aromatic carbocycles. The van der Waals surface area contributed by atoms with Gasteiger partial charge >= 0.3 is 5.97 Å². The van der Waals surface area contributed by atoms with Crippen LogP contribution < -0.4 is 0 Å². The predicted octanol–water partition coefficient (Wildman–Crippen LogP) is 1.68. The van der Waals surface area contributed by atoms with Crippen LogP contribution in [0.15, 0.2) is 39.1 Å². The van der Waals surface area contributed by atoms with Gasteiger partial charge in [-0.1, -0.05) is 0 Å². The number of hydrogen-bond acceptors (Lipinski definition) is 5. The summed E-state index contributed by atoms with van der Waals surface area (Å²) in [5, 5.41) is 0. The number of allylic oxidation sites excluding steroid dienone is 1. The molecule has 0 saturated carbocycles. The largest absolute Gasteiger partial charge is 0.469 e. The molecule has 0 amide bonds. The minimum Gasteiger partial charge on any atom is -0.469 e. The van der Waals surface area contributed by atoms with Crippen LogP contribution in [0.3, 0.4) is 0 Å². The Morgan fingerprint density at radius 2 is 2.28 bits per heavy atom. The van der Waals surface area contributed by atoms with Crippen LogP contribution in [0.1, 0.15) is 19.6 Å². The molecule has 1 aromatic heterocycles. The van der Waals surface area contributed by atoms with Crippen molar-refractivity contribution in [2.24, 2.45) is 4.99 Å². The topological polar surface area (TPSA) is 68.9 Å². The van der Waals surface area contributed by atoms with E-state index >= 15 is 0 Å². The van der Waals surface area contributed by atoms with Gasteiger partial charge in [0.2, 0.25) is 5.78 Å². The number of nitrogens with zero attached hydrogens (tertiary/aromatic N) is 1. The highest BCUT2D eigenvalue weighted by Gasteiger charge is 2.32. The lowest BCUT2D eigenvalue weighted by atomic mass is 10.1. The van der Waals surface area contributed by atoms with Gasteiger partial charge in [0.1, 0.15) is 11.3 Å². The Balaban J connectivity index is 2.14. The summed E-state index contributed by atoms with van der Waals surface area (Å²) < 4.78 is 9.99. The summed E-state index contributed by atoms with van der Waals surface area (Å²) >= 11 is 0. The van der Waals surface area contributed by atoms with Crippen molar-refractivity contribution >= 4 is 17.5 Å². The molecule has 1 aromatic rings. The maximum absolute atomic E-state index is 12.0. The molecule has 94 valence electrons. The van der Waals surface area contributed by atoms with Gasteiger partial charge in [-0.15, -0.1) is 0 Å². The van der Waals surface area contributed by atoms with Gasteiger partial charge in [0.25, 0.3) is 0 Å². The molecule has 2 rings (SSSR count). The average molecular weight is 247 g/mol. The molecule has 1 aliphatic heterocycles. The average Bonchev–Trinajstić information content (AvgIpc) is 2.89. The molecule has 0 N–H and O–H groups in total. The van der Waals surface area contributed by atoms with Crippen LogP contribution in [0, 0.1) is 0 Å². The van der Waals surface area contributed by atoms with E-state index in [4.69, 9.17) is 9.15 Å². The van der Waals surface area contributed by atoms with Crippen LogP contribution in [-0.4, -0.2) is 24.1 Å². The summed E-state index contributed by atoms with van der Waals surface area (Å²) in [7, 11) is 0. The Labute approximate surface area is 104 Å². The van der Waals surface area contributed by atoms with E-state index in [2.05, 4.69) is 4.99 Å². The van der Waals surface area contributed by atoms with Crippen LogP contribution >= 0.6 is 0 Å². The van der Waals surface area contributed by atoms with Crippen molar-refractivity contribution in [3.8, 4) is 0 Å². The molecule has 0 aliphatic carbocycles. The molecule has 5 heteroatoms. The van der Waals surface area contributed by atoms with E-state index in [-0.39, 0.29) is 24.4 Å². The van der Waals surface area contributed by atoms with E-state index in [1.165, 1.54) is 6.26 Å². The van der Waals surface area contributed by atoms with Crippen molar-refractivity contribution in [3.63, 3.8) is 0 Å². The van der Waals surface area contributed by atoms with Crippen molar-refractivity contribution in [3.05, 3.63) is 35.4 Å². The smallest absolute Gasteiger partial charge is 0.344 e. The van der Waals surface area contributed by atoms with Crippen LogP contribution in [0.4, 0.5) is 0 Å². The summed E-state index contributed by atoms with van der Waals surface area (Å²) in [6, 6.07) is 3.50. The molecular weight excluding hydrogens is 234 g/mol. The fourth-order valence-electron chi connectivity index (χ4n) is 1.76. The maximum Gasteiger partial charge on any atom is 0.344 e. The molecule has 0 fully saturated rings. The normalized spacial score (nSPS) is 15.0. The van der Waals surface area contributed by atoms with Crippen molar-refractivity contribution in [1.82, 2.24) is 0 Å². The summed E-state index contributed by atoms with van der Waals surface area (Å²) in [5.74, 6) is -0.347. The van der Waals surface area contributed by atoms with Gasteiger partial charge in [-0.2, -0.15) is 0 Å². The van der Waals surface area contributed by atoms with Gasteiger partial charge in [0, 0.05) is 0 Å². The lowest BCUT2D eigenvalue weighted by Gasteiger charge is -2.02. The number of esters is 1. The van der Waals surface area contributed by atoms with E-state index in [1.807, 2.05) is 0 Å². The zero-order valence-corrected chi connectivity index (χ0v) is 10.2. The third-order valence-electron chi connectivity index (χ3n) is 2.55. The zero-order valence-electron chi connectivity index (χ0n) is 10.2. The molecule has 0 radical (unpaired) electrons. The summed E-state index contributed by atoms with van der Waals surface area (Å²) in [5.41, 5.74) is 0.740. The Hall–Kier alpha value is -2.17. The Bertz CT molecular complexity index is 537. The molecule has 0 spiro atoms. The van der Waals surface area contributed by atoms with Crippen LogP contribution in [0.25, 0.3) is 0 Å². The van der Waals surface area contributed by atoms with Crippen molar-refractivity contribution in [1.29, 1.82) is 0 Å². The highest BCUT2D eigenvalue weighted by Crippen LogP contribution is 2.20. The molecule has 0 atom stereocenters. The Morgan fingerprint density at radius 3 is 2.89 bits per heavy atom. The number of Topliss-reactive ketones (excluding diaryl/α,β-unsaturated/α-hetero) is 1. The molecule has 2 heterocycles. The van der Waals surface area contributed by atoms with Gasteiger partial charge in [-0.3, -0.25) is 9.79 Å². The number of aliphatic imine (C=N–C) groups is 1. The molecular formula is C13H13NO4. The Morgan fingerprint density at radius 1 is 1.50 bits per heavy atom. The predicted molar refractivity (Wildman–Crippen MR) is 64.2 cm³/mol. The van der Waals surface area contributed by atoms with Gasteiger partial charge in [-0.05, 0) is 26.0 Å². The molecule has 18 heavy (non-hydrogen) atoms. The molecule has 0 saturated heterocycles. The summed E-state index contributed by atoms with van der Waals surface area (Å²) in [4.78, 5) is 27.8. The Kier molecular flexibility index (Phi) is 3.41. The molecule has 0 bridgehead atoms. The second kappa shape index (κ2) is 5.00. The van der Waals surface area contributed by atoms with Crippen LogP contribution in [-0.2, 0) is 20.7 Å². The minimum atomic E-state index is -0.613. The van der Waals surface area contributed by atoms with Gasteiger partial charge in [0.15, 0.2) is 0 Å². The van der Waals surface area contributed by atoms with E-state index < -0.39 is 5.97 Å². The quantitative estimate of drug-likeness (QED) is 0.599. The SMILES string of the molecule is CCOC(=O)C1=C(C)N=C(Cc2ccco2)C1=O. The zero-order chi connectivity index (χ0) is 13.1. The van der Waals surface area contributed by atoms with E-state index in [0.29, 0.717) is 17.2 Å². The van der Waals surface area contributed by atoms with E-state index in [9.17, 15) is 9.59 Å². The van der Waals surface area contributed by atoms with E-state index in [0.717, 1.165) is 0 Å². The van der Waals surface area contributed by atoms with Crippen molar-refractivity contribution < 1.29 is 18.7 Å². The highest BCUT2D eigenvalue weighted by atomic mass is 16.5. The second-order valence-corrected chi connectivity index (χ2v) is 3.82. The number of furan rings is 1. The second-order valence-electron chi connectivity index (χ2n) is 3.82. The van der Waals surface area contributed by atoms with Gasteiger partial charge < -0.3 is 9.15 Å². The third-order valence-corrected chi connectivity index (χ3v) is 2.55. The van der Waals surface area contributed by atoms with Gasteiger partial charge in [-0.25, -0.2) is 4.79 Å². The summed E-state index contributed by atoms with van der Waals surface area (Å²) in [6.07, 6.45) is 1.81. The number of rotatable bonds is 4. The lowest BCUT2D eigenvalue weighted by Crippen LogP contribution is -2.21. The third kappa shape index (κ3) is 2.25. The number of ketones is 1. The minimum absolute atomic E-state index is 0.0263. The van der Waals surface area contributed by atoms with Crippen LogP contribution in [0.5, 0.6) is 0 Å². The first kappa shape index (κ1) is 12.3. The highest BCUT2D eigenvalue weighted by molar-refractivity contribution is 6.53. The fourth-order valence-corrected chi connectivity index (χ4v) is 1.76. The number of carbonyl (C=O) groups excluding carboxylic acids is 2. The molecule has 1 aliphatic rings. The fraction of sp³-hybridized carbons (Fsp3) is 0.308. The van der Waals surface area contributed by atoms with Crippen molar-refractivity contribution in [2.75, 3.05) is 6.61 Å². The van der Waals surface area contributed by atoms with E-state index in [1.54, 1.807) is 26.0 Å². The van der Waals surface area contributed by atoms with Crippen LogP contribution in [0.2, 0.25) is 0 Å². The number of hydrogen-bond donors (Lipinski definition) is 0. The lowest BCUT2D eigenvalue weighted by molar-refractivity contribution is -0.139. The standard InChI is InChI=1S/C13H13NO4/c1-3-17-13(16)11-8(2)14-10(12(11)15)7-9-5-4-6-18-9/h4-6H,3,7H2,1-2H3. The number of ether oxygens (including phenoxy) is 1. The summed E-state index contributed by atoms with van der Waals surface area (Å²) in [6.45, 7) is 3.55. The van der Waals surface area contributed by atoms with Crippen molar-refractivity contribution in [2.45, 2.75) is 20.3 Å². The first-order valence-electron chi connectivity index (χ1n) is 5.66. The first-order valence-corrected chi connectivity index (χ1v) is 5.66. The van der Waals surface area contributed by atoms with Gasteiger partial charge in [0.05, 0.1) is 30.7 Å². The number of carbonyl (C=O) groups is 2.